The second-order valence-electron chi connectivity index (χ2n) is 2.63. The average molecular weight is 170 g/mol. The Kier molecular flexibility index (Phi) is 2.17. The molecule has 0 bridgehead atoms. The second kappa shape index (κ2) is 2.85. The molecule has 62 valence electrons. The summed E-state index contributed by atoms with van der Waals surface area (Å²) < 4.78 is 37.9. The van der Waals surface area contributed by atoms with Crippen LogP contribution in [-0.2, 0) is 5.92 Å². The zero-order chi connectivity index (χ0) is 9.35. The molecule has 1 rings (SSSR count). The fraction of sp³-hybridized carbons (Fsp3) is 0.250. The van der Waals surface area contributed by atoms with Gasteiger partial charge in [0.2, 0.25) is 0 Å². The summed E-state index contributed by atoms with van der Waals surface area (Å²) in [7, 11) is 5.22. The molecular formula is C8H6BF3. The van der Waals surface area contributed by atoms with E-state index in [0.717, 1.165) is 12.1 Å². The van der Waals surface area contributed by atoms with Crippen LogP contribution in [0.1, 0.15) is 12.5 Å². The Bertz CT molecular complexity index is 291. The first-order chi connectivity index (χ1) is 5.41. The van der Waals surface area contributed by atoms with E-state index in [4.69, 9.17) is 7.85 Å². The first-order valence-electron chi connectivity index (χ1n) is 3.34. The van der Waals surface area contributed by atoms with Gasteiger partial charge in [-0.1, -0.05) is 17.6 Å². The highest BCUT2D eigenvalue weighted by atomic mass is 19.3. The number of alkyl halides is 2. The lowest BCUT2D eigenvalue weighted by Gasteiger charge is -2.11. The Morgan fingerprint density at radius 3 is 2.33 bits per heavy atom. The molecule has 12 heavy (non-hydrogen) atoms. The van der Waals surface area contributed by atoms with Crippen LogP contribution in [0, 0.1) is 5.82 Å². The van der Waals surface area contributed by atoms with Crippen LogP contribution in [0.5, 0.6) is 0 Å². The molecule has 0 N–H and O–H groups in total. The Balaban J connectivity index is 3.23. The lowest BCUT2D eigenvalue weighted by Crippen LogP contribution is -2.14. The number of benzene rings is 1. The number of halogens is 3. The van der Waals surface area contributed by atoms with Gasteiger partial charge in [-0.05, 0) is 6.07 Å². The summed E-state index contributed by atoms with van der Waals surface area (Å²) in [6, 6.07) is 3.11. The number of hydrogen-bond acceptors (Lipinski definition) is 0. The summed E-state index contributed by atoms with van der Waals surface area (Å²) in [5, 5.41) is 0. The van der Waals surface area contributed by atoms with E-state index in [1.165, 1.54) is 6.07 Å². The summed E-state index contributed by atoms with van der Waals surface area (Å²) in [6.07, 6.45) is 0. The summed E-state index contributed by atoms with van der Waals surface area (Å²) in [4.78, 5) is 0. The lowest BCUT2D eigenvalue weighted by molar-refractivity contribution is 0.0138. The summed E-state index contributed by atoms with van der Waals surface area (Å²) in [5.74, 6) is -4.11. The van der Waals surface area contributed by atoms with Gasteiger partial charge < -0.3 is 0 Å². The molecule has 0 aliphatic carbocycles. The fourth-order valence-corrected chi connectivity index (χ4v) is 0.879. The zero-order valence-corrected chi connectivity index (χ0v) is 6.44. The van der Waals surface area contributed by atoms with Crippen LogP contribution in [0.25, 0.3) is 0 Å². The van der Waals surface area contributed by atoms with Crippen molar-refractivity contribution in [3.63, 3.8) is 0 Å². The van der Waals surface area contributed by atoms with Crippen molar-refractivity contribution < 1.29 is 13.2 Å². The monoisotopic (exact) mass is 170 g/mol. The predicted molar refractivity (Wildman–Crippen MR) is 41.4 cm³/mol. The molecule has 0 aromatic heterocycles. The molecule has 0 spiro atoms. The predicted octanol–water partition coefficient (Wildman–Crippen LogP) is 1.73. The van der Waals surface area contributed by atoms with Gasteiger partial charge in [-0.25, -0.2) is 13.2 Å². The van der Waals surface area contributed by atoms with Crippen molar-refractivity contribution in [2.75, 3.05) is 0 Å². The molecule has 0 amide bonds. The van der Waals surface area contributed by atoms with Gasteiger partial charge >= 0.3 is 0 Å². The van der Waals surface area contributed by atoms with E-state index in [1.54, 1.807) is 0 Å². The molecule has 0 saturated heterocycles. The van der Waals surface area contributed by atoms with Crippen molar-refractivity contribution >= 4 is 13.3 Å². The minimum atomic E-state index is -3.18. The molecule has 0 unspecified atom stereocenters. The molecule has 0 fully saturated rings. The maximum Gasteiger partial charge on any atom is 0.273 e. The third kappa shape index (κ3) is 1.81. The maximum absolute atomic E-state index is 12.7. The van der Waals surface area contributed by atoms with Crippen molar-refractivity contribution in [2.24, 2.45) is 0 Å². The van der Waals surface area contributed by atoms with E-state index >= 15 is 0 Å². The molecule has 0 atom stereocenters. The van der Waals surface area contributed by atoms with Crippen molar-refractivity contribution in [2.45, 2.75) is 12.8 Å². The second-order valence-corrected chi connectivity index (χ2v) is 2.63. The van der Waals surface area contributed by atoms with E-state index < -0.39 is 17.3 Å². The topological polar surface area (TPSA) is 0 Å². The van der Waals surface area contributed by atoms with Gasteiger partial charge in [-0.15, -0.1) is 0 Å². The first kappa shape index (κ1) is 9.17. The normalized spacial score (nSPS) is 11.7. The highest BCUT2D eigenvalue weighted by molar-refractivity contribution is 6.32. The molecule has 0 nitrogen and oxygen atoms in total. The maximum atomic E-state index is 12.7. The minimum Gasteiger partial charge on any atom is -0.206 e. The van der Waals surface area contributed by atoms with Gasteiger partial charge in [0.25, 0.3) is 5.92 Å². The van der Waals surface area contributed by atoms with E-state index in [-0.39, 0.29) is 5.46 Å². The Labute approximate surface area is 69.8 Å². The van der Waals surface area contributed by atoms with Crippen LogP contribution in [0.2, 0.25) is 0 Å². The molecule has 0 aliphatic rings. The first-order valence-corrected chi connectivity index (χ1v) is 3.34. The van der Waals surface area contributed by atoms with Gasteiger partial charge in [-0.3, -0.25) is 0 Å². The van der Waals surface area contributed by atoms with Crippen molar-refractivity contribution in [3.05, 3.63) is 29.6 Å². The average Bonchev–Trinajstić information content (AvgIpc) is 1.92. The Hall–Kier alpha value is -0.925. The smallest absolute Gasteiger partial charge is 0.206 e. The Morgan fingerprint density at radius 1 is 1.33 bits per heavy atom. The van der Waals surface area contributed by atoms with Crippen LogP contribution >= 0.6 is 0 Å². The quantitative estimate of drug-likeness (QED) is 0.563. The lowest BCUT2D eigenvalue weighted by atomic mass is 9.93. The Morgan fingerprint density at radius 2 is 1.92 bits per heavy atom. The third-order valence-electron chi connectivity index (χ3n) is 1.46. The van der Waals surface area contributed by atoms with Crippen LogP contribution in [0.4, 0.5) is 13.2 Å². The molecule has 1 aromatic rings. The summed E-state index contributed by atoms with van der Waals surface area (Å²) in [6.45, 7) is 0.630. The van der Waals surface area contributed by atoms with Gasteiger partial charge in [0.15, 0.2) is 0 Å². The largest absolute Gasteiger partial charge is 0.273 e. The summed E-state index contributed by atoms with van der Waals surface area (Å²) >= 11 is 0. The zero-order valence-electron chi connectivity index (χ0n) is 6.44. The molecule has 1 aromatic carbocycles. The molecular weight excluding hydrogens is 164 g/mol. The van der Waals surface area contributed by atoms with E-state index in [1.807, 2.05) is 0 Å². The van der Waals surface area contributed by atoms with Gasteiger partial charge in [0, 0.05) is 6.92 Å². The van der Waals surface area contributed by atoms with Crippen molar-refractivity contribution in [1.82, 2.24) is 0 Å². The number of hydrogen-bond donors (Lipinski definition) is 0. The van der Waals surface area contributed by atoms with E-state index in [2.05, 4.69) is 0 Å². The molecule has 0 aliphatic heterocycles. The number of rotatable bonds is 1. The van der Waals surface area contributed by atoms with Crippen LogP contribution in [-0.4, -0.2) is 7.85 Å². The standard InChI is InChI=1S/C8H6BF3/c1-8(11,12)6-4-5(9)2-3-7(6)10/h2-4H,1H3. The van der Waals surface area contributed by atoms with E-state index in [0.29, 0.717) is 6.92 Å². The molecule has 2 radical (unpaired) electrons. The van der Waals surface area contributed by atoms with Gasteiger partial charge in [-0.2, -0.15) is 0 Å². The third-order valence-corrected chi connectivity index (χ3v) is 1.46. The molecule has 4 heteroatoms. The minimum absolute atomic E-state index is 0.132. The highest BCUT2D eigenvalue weighted by Gasteiger charge is 2.27. The van der Waals surface area contributed by atoms with Crippen molar-refractivity contribution in [1.29, 1.82) is 0 Å². The fourth-order valence-electron chi connectivity index (χ4n) is 0.879. The molecule has 0 heterocycles. The van der Waals surface area contributed by atoms with Crippen molar-refractivity contribution in [3.8, 4) is 0 Å². The van der Waals surface area contributed by atoms with Crippen LogP contribution < -0.4 is 5.46 Å². The molecule has 0 saturated carbocycles. The van der Waals surface area contributed by atoms with Gasteiger partial charge in [0.1, 0.15) is 13.7 Å². The van der Waals surface area contributed by atoms with Crippen LogP contribution in [0.15, 0.2) is 18.2 Å². The SMILES string of the molecule is [B]c1ccc(F)c(C(C)(F)F)c1. The highest BCUT2D eigenvalue weighted by Crippen LogP contribution is 2.27. The van der Waals surface area contributed by atoms with E-state index in [9.17, 15) is 13.2 Å². The summed E-state index contributed by atoms with van der Waals surface area (Å²) in [5.41, 5.74) is -0.532. The van der Waals surface area contributed by atoms with Crippen LogP contribution in [0.3, 0.4) is 0 Å². The van der Waals surface area contributed by atoms with Gasteiger partial charge in [0.05, 0.1) is 5.56 Å².